The van der Waals surface area contributed by atoms with Crippen LogP contribution in [0, 0.1) is 13.8 Å². The molecule has 1 saturated heterocycles. The van der Waals surface area contributed by atoms with E-state index < -0.39 is 0 Å². The number of hydrogen-bond acceptors (Lipinski definition) is 6. The number of nitrogens with zero attached hydrogens (tertiary/aromatic N) is 2. The number of aryl methyl sites for hydroxylation is 2. The SMILES string of the molecule is Cc1cc(C)c(CCC(=O)c2cc3c(c(-c4ccc(N5CCOCC5)nc4)c2)OC(C)(C)C3)c(=O)[nH]1. The van der Waals surface area contributed by atoms with E-state index in [0.29, 0.717) is 30.8 Å². The molecule has 0 atom stereocenters. The molecular weight excluding hydrogens is 454 g/mol. The summed E-state index contributed by atoms with van der Waals surface area (Å²) in [6, 6.07) is 9.89. The lowest BCUT2D eigenvalue weighted by Crippen LogP contribution is -2.36. The Morgan fingerprint density at radius 3 is 2.61 bits per heavy atom. The summed E-state index contributed by atoms with van der Waals surface area (Å²) in [4.78, 5) is 35.5. The lowest BCUT2D eigenvalue weighted by molar-refractivity contribution is 0.0982. The van der Waals surface area contributed by atoms with Gasteiger partial charge in [-0.05, 0) is 75.6 Å². The summed E-state index contributed by atoms with van der Waals surface area (Å²) in [7, 11) is 0. The molecule has 2 aliphatic heterocycles. The van der Waals surface area contributed by atoms with E-state index in [1.807, 2.05) is 50.4 Å². The summed E-state index contributed by atoms with van der Waals surface area (Å²) in [5.74, 6) is 1.76. The highest BCUT2D eigenvalue weighted by Crippen LogP contribution is 2.43. The molecule has 0 aliphatic carbocycles. The summed E-state index contributed by atoms with van der Waals surface area (Å²) < 4.78 is 11.8. The van der Waals surface area contributed by atoms with Gasteiger partial charge in [-0.25, -0.2) is 4.98 Å². The second-order valence-corrected chi connectivity index (χ2v) is 10.4. The molecule has 7 heteroatoms. The Hall–Kier alpha value is -3.45. The zero-order valence-corrected chi connectivity index (χ0v) is 21.4. The van der Waals surface area contributed by atoms with Crippen LogP contribution in [0.1, 0.15) is 53.0 Å². The maximum absolute atomic E-state index is 13.3. The Balaban J connectivity index is 1.44. The van der Waals surface area contributed by atoms with Gasteiger partial charge < -0.3 is 19.4 Å². The van der Waals surface area contributed by atoms with Crippen molar-refractivity contribution >= 4 is 11.6 Å². The lowest BCUT2D eigenvalue weighted by Gasteiger charge is -2.27. The van der Waals surface area contributed by atoms with Crippen molar-refractivity contribution in [2.75, 3.05) is 31.2 Å². The minimum absolute atomic E-state index is 0.0148. The number of aromatic amines is 1. The molecule has 1 aromatic carbocycles. The molecule has 0 saturated carbocycles. The molecule has 2 aliphatic rings. The number of carbonyl (C=O) groups is 1. The number of anilines is 1. The molecule has 2 aromatic heterocycles. The van der Waals surface area contributed by atoms with Crippen molar-refractivity contribution in [2.45, 2.75) is 52.6 Å². The molecule has 36 heavy (non-hydrogen) atoms. The number of pyridine rings is 2. The molecule has 0 spiro atoms. The van der Waals surface area contributed by atoms with Gasteiger partial charge >= 0.3 is 0 Å². The summed E-state index contributed by atoms with van der Waals surface area (Å²) >= 11 is 0. The molecule has 0 radical (unpaired) electrons. The third kappa shape index (κ3) is 4.93. The first-order chi connectivity index (χ1) is 17.2. The predicted octanol–water partition coefficient (Wildman–Crippen LogP) is 4.42. The lowest BCUT2D eigenvalue weighted by atomic mass is 9.93. The summed E-state index contributed by atoms with van der Waals surface area (Å²) in [5.41, 5.74) is 5.43. The number of aromatic nitrogens is 2. The van der Waals surface area contributed by atoms with E-state index in [9.17, 15) is 9.59 Å². The first kappa shape index (κ1) is 24.3. The quantitative estimate of drug-likeness (QED) is 0.518. The smallest absolute Gasteiger partial charge is 0.251 e. The Morgan fingerprint density at radius 1 is 1.14 bits per heavy atom. The number of morpholine rings is 1. The Bertz CT molecular complexity index is 1350. The first-order valence-electron chi connectivity index (χ1n) is 12.6. The van der Waals surface area contributed by atoms with Crippen molar-refractivity contribution in [2.24, 2.45) is 0 Å². The third-order valence-corrected chi connectivity index (χ3v) is 6.97. The Morgan fingerprint density at radius 2 is 1.92 bits per heavy atom. The standard InChI is InChI=1S/C29H33N3O4/c1-18-13-19(2)31-28(34)23(18)6-7-25(33)21-14-22-16-29(3,4)36-27(22)24(15-21)20-5-8-26(30-17-20)32-9-11-35-12-10-32/h5,8,13-15,17H,6-7,9-12,16H2,1-4H3,(H,31,34). The van der Waals surface area contributed by atoms with Gasteiger partial charge in [0.25, 0.3) is 5.56 Å². The normalized spacial score (nSPS) is 16.5. The second-order valence-electron chi connectivity index (χ2n) is 10.4. The number of Topliss-reactive ketones (excluding diaryl/α,β-unsaturated/α-hetero) is 1. The van der Waals surface area contributed by atoms with Crippen molar-refractivity contribution in [3.05, 3.63) is 74.8 Å². The number of H-pyrrole nitrogens is 1. The molecule has 0 bridgehead atoms. The number of ether oxygens (including phenoxy) is 2. The maximum atomic E-state index is 13.3. The van der Waals surface area contributed by atoms with Gasteiger partial charge in [-0.3, -0.25) is 9.59 Å². The maximum Gasteiger partial charge on any atom is 0.251 e. The largest absolute Gasteiger partial charge is 0.487 e. The van der Waals surface area contributed by atoms with E-state index in [4.69, 9.17) is 14.5 Å². The molecule has 7 nitrogen and oxygen atoms in total. The molecule has 3 aromatic rings. The highest BCUT2D eigenvalue weighted by molar-refractivity contribution is 5.98. The zero-order valence-electron chi connectivity index (χ0n) is 21.4. The summed E-state index contributed by atoms with van der Waals surface area (Å²) in [6.07, 6.45) is 3.26. The van der Waals surface area contributed by atoms with Crippen LogP contribution in [0.15, 0.2) is 41.3 Å². The molecule has 4 heterocycles. The van der Waals surface area contributed by atoms with Crippen molar-refractivity contribution in [3.8, 4) is 16.9 Å². The van der Waals surface area contributed by atoms with Crippen molar-refractivity contribution in [1.29, 1.82) is 0 Å². The fourth-order valence-corrected chi connectivity index (χ4v) is 5.19. The topological polar surface area (TPSA) is 84.5 Å². The number of fused-ring (bicyclic) bond motifs is 1. The van der Waals surface area contributed by atoms with Crippen LogP contribution in [0.4, 0.5) is 5.82 Å². The van der Waals surface area contributed by atoms with Crippen LogP contribution in [-0.4, -0.2) is 47.7 Å². The van der Waals surface area contributed by atoms with Crippen LogP contribution in [0.5, 0.6) is 5.75 Å². The van der Waals surface area contributed by atoms with Gasteiger partial charge in [0, 0.05) is 60.1 Å². The fraction of sp³-hybridized carbons (Fsp3) is 0.414. The van der Waals surface area contributed by atoms with Gasteiger partial charge in [0.15, 0.2) is 5.78 Å². The monoisotopic (exact) mass is 487 g/mol. The number of ketones is 1. The minimum Gasteiger partial charge on any atom is -0.487 e. The van der Waals surface area contributed by atoms with Gasteiger partial charge in [0.2, 0.25) is 0 Å². The van der Waals surface area contributed by atoms with Gasteiger partial charge in [-0.1, -0.05) is 0 Å². The number of carbonyl (C=O) groups excluding carboxylic acids is 1. The molecule has 5 rings (SSSR count). The van der Waals surface area contributed by atoms with Crippen LogP contribution in [0.2, 0.25) is 0 Å². The van der Waals surface area contributed by atoms with Gasteiger partial charge in [-0.15, -0.1) is 0 Å². The number of benzene rings is 1. The molecule has 0 amide bonds. The average molecular weight is 488 g/mol. The number of hydrogen-bond donors (Lipinski definition) is 1. The average Bonchev–Trinajstić information content (AvgIpc) is 3.17. The van der Waals surface area contributed by atoms with E-state index in [2.05, 4.69) is 23.7 Å². The van der Waals surface area contributed by atoms with Crippen LogP contribution in [0.25, 0.3) is 11.1 Å². The summed E-state index contributed by atoms with van der Waals surface area (Å²) in [5, 5.41) is 0. The van der Waals surface area contributed by atoms with Crippen molar-refractivity contribution in [1.82, 2.24) is 9.97 Å². The van der Waals surface area contributed by atoms with E-state index in [1.165, 1.54) is 0 Å². The molecular formula is C29H33N3O4. The second kappa shape index (κ2) is 9.54. The number of nitrogens with one attached hydrogen (secondary N) is 1. The number of rotatable bonds is 6. The summed E-state index contributed by atoms with van der Waals surface area (Å²) in [6.45, 7) is 11.0. The van der Waals surface area contributed by atoms with E-state index in [1.54, 1.807) is 0 Å². The van der Waals surface area contributed by atoms with Crippen LogP contribution in [-0.2, 0) is 17.6 Å². The van der Waals surface area contributed by atoms with Crippen molar-refractivity contribution in [3.63, 3.8) is 0 Å². The molecule has 1 N–H and O–H groups in total. The van der Waals surface area contributed by atoms with Crippen LogP contribution in [0.3, 0.4) is 0 Å². The van der Waals surface area contributed by atoms with Gasteiger partial charge in [0.05, 0.1) is 13.2 Å². The van der Waals surface area contributed by atoms with Crippen molar-refractivity contribution < 1.29 is 14.3 Å². The van der Waals surface area contributed by atoms with Gasteiger partial charge in [0.1, 0.15) is 17.2 Å². The third-order valence-electron chi connectivity index (χ3n) is 6.97. The molecule has 1 fully saturated rings. The highest BCUT2D eigenvalue weighted by atomic mass is 16.5. The predicted molar refractivity (Wildman–Crippen MR) is 140 cm³/mol. The Labute approximate surface area is 211 Å². The first-order valence-corrected chi connectivity index (χ1v) is 12.6. The van der Waals surface area contributed by atoms with E-state index in [0.717, 1.165) is 59.0 Å². The Kier molecular flexibility index (Phi) is 6.43. The molecule has 0 unspecified atom stereocenters. The fourth-order valence-electron chi connectivity index (χ4n) is 5.19. The molecule has 188 valence electrons. The minimum atomic E-state index is -0.341. The van der Waals surface area contributed by atoms with Crippen LogP contribution >= 0.6 is 0 Å². The van der Waals surface area contributed by atoms with E-state index in [-0.39, 0.29) is 23.4 Å². The van der Waals surface area contributed by atoms with Crippen LogP contribution < -0.4 is 15.2 Å². The van der Waals surface area contributed by atoms with E-state index >= 15 is 0 Å². The zero-order chi connectivity index (χ0) is 25.4. The highest BCUT2D eigenvalue weighted by Gasteiger charge is 2.33. The van der Waals surface area contributed by atoms with Gasteiger partial charge in [-0.2, -0.15) is 0 Å².